The van der Waals surface area contributed by atoms with E-state index in [2.05, 4.69) is 15.3 Å². The molecule has 0 aliphatic carbocycles. The number of nitrogens with one attached hydrogen (secondary N) is 1. The summed E-state index contributed by atoms with van der Waals surface area (Å²) in [6.07, 6.45) is -1.59. The topological polar surface area (TPSA) is 88.5 Å². The molecule has 5 rings (SSSR count). The third-order valence-corrected chi connectivity index (χ3v) is 6.85. The van der Waals surface area contributed by atoms with Crippen molar-refractivity contribution in [2.24, 2.45) is 10.7 Å². The highest BCUT2D eigenvalue weighted by Gasteiger charge is 2.32. The Morgan fingerprint density at radius 1 is 1.11 bits per heavy atom. The zero-order chi connectivity index (χ0) is 25.6. The molecule has 2 aromatic heterocycles. The van der Waals surface area contributed by atoms with E-state index in [1.54, 1.807) is 25.3 Å². The smallest absolute Gasteiger partial charge is 0.383 e. The molecule has 184 valence electrons. The maximum Gasteiger partial charge on any atom is 0.416 e. The van der Waals surface area contributed by atoms with E-state index in [-0.39, 0.29) is 11.3 Å². The van der Waals surface area contributed by atoms with Crippen molar-refractivity contribution in [2.75, 3.05) is 16.9 Å². The number of rotatable bonds is 4. The van der Waals surface area contributed by atoms with Crippen molar-refractivity contribution in [3.05, 3.63) is 87.6 Å². The second kappa shape index (κ2) is 8.83. The highest BCUT2D eigenvalue weighted by molar-refractivity contribution is 7.12. The molecule has 0 fully saturated rings. The zero-order valence-electron chi connectivity index (χ0n) is 19.3. The first kappa shape index (κ1) is 23.6. The number of carbonyl (C=O) groups excluding carboxylic acids is 1. The number of halogens is 3. The standard InChI is InChI=1S/C25H21F3N6OS/c1-14-3-4-18(12-21(14)34-13-31-23(29)22-20(34)5-8-36-22)32-24(35)16-9-17(25(26,27)28)11-19(10-16)33-7-6-30-15(33)2/h3-12H,13H2,1-2H3,(H2,29,31)(H,32,35). The molecule has 0 radical (unpaired) electrons. The number of nitrogens with zero attached hydrogens (tertiary/aromatic N) is 4. The fourth-order valence-electron chi connectivity index (χ4n) is 4.08. The number of aromatic nitrogens is 2. The maximum absolute atomic E-state index is 13.6. The lowest BCUT2D eigenvalue weighted by atomic mass is 10.1. The molecule has 36 heavy (non-hydrogen) atoms. The SMILES string of the molecule is Cc1ccc(NC(=O)c2cc(-n3ccnc3C)cc(C(F)(F)F)c2)cc1N1CN=C(N)c2sccc21. The van der Waals surface area contributed by atoms with Gasteiger partial charge in [0, 0.05) is 35.0 Å². The maximum atomic E-state index is 13.6. The van der Waals surface area contributed by atoms with Crippen LogP contribution in [0.4, 0.5) is 30.2 Å². The molecule has 7 nitrogen and oxygen atoms in total. The van der Waals surface area contributed by atoms with Gasteiger partial charge in [-0.3, -0.25) is 4.79 Å². The van der Waals surface area contributed by atoms with E-state index < -0.39 is 17.6 Å². The van der Waals surface area contributed by atoms with Crippen molar-refractivity contribution in [1.29, 1.82) is 0 Å². The number of thiophene rings is 1. The van der Waals surface area contributed by atoms with Crippen LogP contribution in [0.25, 0.3) is 5.69 Å². The Morgan fingerprint density at radius 2 is 1.92 bits per heavy atom. The molecule has 1 aliphatic heterocycles. The summed E-state index contributed by atoms with van der Waals surface area (Å²) in [5.41, 5.74) is 8.28. The fourth-order valence-corrected chi connectivity index (χ4v) is 4.90. The summed E-state index contributed by atoms with van der Waals surface area (Å²) in [5.74, 6) is 0.320. The van der Waals surface area contributed by atoms with Gasteiger partial charge in [-0.25, -0.2) is 9.98 Å². The fraction of sp³-hybridized carbons (Fsp3) is 0.160. The van der Waals surface area contributed by atoms with Crippen molar-refractivity contribution < 1.29 is 18.0 Å². The summed E-state index contributed by atoms with van der Waals surface area (Å²) >= 11 is 1.49. The lowest BCUT2D eigenvalue weighted by Gasteiger charge is -2.28. The van der Waals surface area contributed by atoms with Gasteiger partial charge in [0.25, 0.3) is 5.91 Å². The van der Waals surface area contributed by atoms with E-state index >= 15 is 0 Å². The minimum absolute atomic E-state index is 0.120. The molecule has 0 unspecified atom stereocenters. The highest BCUT2D eigenvalue weighted by atomic mass is 32.1. The number of imidazole rings is 1. The molecule has 3 N–H and O–H groups in total. The molecular formula is C25H21F3N6OS. The summed E-state index contributed by atoms with van der Waals surface area (Å²) < 4.78 is 42.4. The number of aliphatic imine (C=N–C) groups is 1. The first-order valence-electron chi connectivity index (χ1n) is 10.9. The summed E-state index contributed by atoms with van der Waals surface area (Å²) in [6, 6.07) is 10.5. The Kier molecular flexibility index (Phi) is 5.79. The molecular weight excluding hydrogens is 489 g/mol. The number of amides is 1. The molecule has 11 heteroatoms. The van der Waals surface area contributed by atoms with Crippen molar-refractivity contribution in [2.45, 2.75) is 20.0 Å². The molecule has 0 atom stereocenters. The van der Waals surface area contributed by atoms with Gasteiger partial charge in [-0.1, -0.05) is 6.07 Å². The van der Waals surface area contributed by atoms with E-state index in [9.17, 15) is 18.0 Å². The van der Waals surface area contributed by atoms with Gasteiger partial charge in [0.2, 0.25) is 0 Å². The van der Waals surface area contributed by atoms with Crippen molar-refractivity contribution >= 4 is 40.1 Å². The predicted molar refractivity (Wildman–Crippen MR) is 134 cm³/mol. The Balaban J connectivity index is 1.48. The van der Waals surface area contributed by atoms with Crippen LogP contribution in [-0.2, 0) is 6.18 Å². The van der Waals surface area contributed by atoms with Gasteiger partial charge < -0.3 is 20.5 Å². The van der Waals surface area contributed by atoms with Gasteiger partial charge in [0.15, 0.2) is 0 Å². The Hall–Kier alpha value is -4.12. The number of aryl methyl sites for hydroxylation is 2. The monoisotopic (exact) mass is 510 g/mol. The second-order valence-electron chi connectivity index (χ2n) is 8.31. The van der Waals surface area contributed by atoms with E-state index in [1.165, 1.54) is 28.2 Å². The van der Waals surface area contributed by atoms with Crippen LogP contribution in [0.3, 0.4) is 0 Å². The lowest BCUT2D eigenvalue weighted by molar-refractivity contribution is -0.137. The van der Waals surface area contributed by atoms with Gasteiger partial charge in [-0.2, -0.15) is 13.2 Å². The minimum Gasteiger partial charge on any atom is -0.383 e. The minimum atomic E-state index is -4.62. The molecule has 0 bridgehead atoms. The largest absolute Gasteiger partial charge is 0.416 e. The third-order valence-electron chi connectivity index (χ3n) is 5.92. The van der Waals surface area contributed by atoms with E-state index in [0.29, 0.717) is 24.0 Å². The summed E-state index contributed by atoms with van der Waals surface area (Å²) in [7, 11) is 0. The van der Waals surface area contributed by atoms with Crippen LogP contribution in [0.2, 0.25) is 0 Å². The second-order valence-corrected chi connectivity index (χ2v) is 9.23. The molecule has 1 aliphatic rings. The lowest BCUT2D eigenvalue weighted by Crippen LogP contribution is -2.28. The Bertz CT molecular complexity index is 1500. The average molecular weight is 511 g/mol. The van der Waals surface area contributed by atoms with E-state index in [4.69, 9.17) is 5.73 Å². The van der Waals surface area contributed by atoms with Crippen LogP contribution in [0.5, 0.6) is 0 Å². The van der Waals surface area contributed by atoms with Gasteiger partial charge in [0.05, 0.1) is 16.1 Å². The number of carbonyl (C=O) groups is 1. The summed E-state index contributed by atoms with van der Waals surface area (Å²) in [5, 5.41) is 4.67. The first-order chi connectivity index (χ1) is 17.1. The van der Waals surface area contributed by atoms with Crippen molar-refractivity contribution in [3.8, 4) is 5.69 Å². The van der Waals surface area contributed by atoms with Crippen molar-refractivity contribution in [1.82, 2.24) is 9.55 Å². The van der Waals surface area contributed by atoms with Crippen LogP contribution in [0.1, 0.15) is 32.2 Å². The van der Waals surface area contributed by atoms with E-state index in [0.717, 1.165) is 33.9 Å². The number of nitrogens with two attached hydrogens (primary N) is 1. The molecule has 0 spiro atoms. The number of anilines is 3. The number of amidine groups is 1. The molecule has 2 aromatic carbocycles. The van der Waals surface area contributed by atoms with E-state index in [1.807, 2.05) is 29.3 Å². The van der Waals surface area contributed by atoms with Gasteiger partial charge in [-0.15, -0.1) is 11.3 Å². The summed E-state index contributed by atoms with van der Waals surface area (Å²) in [4.78, 5) is 24.4. The first-order valence-corrected chi connectivity index (χ1v) is 11.8. The molecule has 4 aromatic rings. The van der Waals surface area contributed by atoms with Crippen LogP contribution in [0.15, 0.2) is 65.2 Å². The van der Waals surface area contributed by atoms with Crippen LogP contribution < -0.4 is 16.0 Å². The predicted octanol–water partition coefficient (Wildman–Crippen LogP) is 5.64. The highest BCUT2D eigenvalue weighted by Crippen LogP contribution is 2.37. The Labute approximate surface area is 208 Å². The van der Waals surface area contributed by atoms with Crippen LogP contribution >= 0.6 is 11.3 Å². The van der Waals surface area contributed by atoms with Crippen LogP contribution in [0, 0.1) is 13.8 Å². The molecule has 0 saturated heterocycles. The normalized spacial score (nSPS) is 13.4. The number of alkyl halides is 3. The van der Waals surface area contributed by atoms with Crippen molar-refractivity contribution in [3.63, 3.8) is 0 Å². The quantitative estimate of drug-likeness (QED) is 0.372. The number of benzene rings is 2. The Morgan fingerprint density at radius 3 is 2.64 bits per heavy atom. The van der Waals surface area contributed by atoms with Gasteiger partial charge in [-0.05, 0) is 61.2 Å². The van der Waals surface area contributed by atoms with Gasteiger partial charge >= 0.3 is 6.18 Å². The molecule has 1 amide bonds. The van der Waals surface area contributed by atoms with Gasteiger partial charge in [0.1, 0.15) is 18.3 Å². The molecule has 3 heterocycles. The zero-order valence-corrected chi connectivity index (χ0v) is 20.1. The average Bonchev–Trinajstić information content (AvgIpc) is 3.50. The number of fused-ring (bicyclic) bond motifs is 1. The number of hydrogen-bond acceptors (Lipinski definition) is 6. The van der Waals surface area contributed by atoms with Crippen LogP contribution in [-0.4, -0.2) is 28.0 Å². The third kappa shape index (κ3) is 4.33. The summed E-state index contributed by atoms with van der Waals surface area (Å²) in [6.45, 7) is 3.92. The number of hydrogen-bond donors (Lipinski definition) is 2. The molecule has 0 saturated carbocycles.